The molecular weight excluding hydrogens is 522 g/mol. The summed E-state index contributed by atoms with van der Waals surface area (Å²) in [6.45, 7) is 3.00. The summed E-state index contributed by atoms with van der Waals surface area (Å²) in [6.07, 6.45) is 6.61. The number of piperazine rings is 1. The summed E-state index contributed by atoms with van der Waals surface area (Å²) < 4.78 is 12.3. The number of anilines is 1. The quantitative estimate of drug-likeness (QED) is 0.401. The lowest BCUT2D eigenvalue weighted by atomic mass is 10.0. The third kappa shape index (κ3) is 6.66. The SMILES string of the molecule is COc1ccc(CCNC(=O)CC2CN(C(=O)C3CCOC3)CCN2c2cc(Cl)nc(-n3ccnc3)n2)cc1. The maximum atomic E-state index is 13.2. The smallest absolute Gasteiger partial charge is 0.238 e. The summed E-state index contributed by atoms with van der Waals surface area (Å²) in [5, 5.41) is 3.32. The lowest BCUT2D eigenvalue weighted by molar-refractivity contribution is -0.137. The molecule has 39 heavy (non-hydrogen) atoms. The number of imidazole rings is 1. The summed E-state index contributed by atoms with van der Waals surface area (Å²) in [4.78, 5) is 43.2. The lowest BCUT2D eigenvalue weighted by Crippen LogP contribution is -2.57. The standard InChI is InChI=1S/C27H32ClN7O4/c1-38-22-4-2-19(3-5-22)6-8-30-25(36)14-21-16-33(26(37)20-7-13-39-17-20)11-12-35(21)24-15-23(28)31-27(32-24)34-10-9-29-18-34/h2-5,9-10,15,18,20-21H,6-8,11-14,16-17H2,1H3,(H,30,36). The maximum Gasteiger partial charge on any atom is 0.238 e. The van der Waals surface area contributed by atoms with Crippen molar-refractivity contribution >= 4 is 29.2 Å². The van der Waals surface area contributed by atoms with Gasteiger partial charge >= 0.3 is 0 Å². The molecule has 11 nitrogen and oxygen atoms in total. The molecule has 5 rings (SSSR count). The van der Waals surface area contributed by atoms with Crippen molar-refractivity contribution in [3.8, 4) is 11.7 Å². The molecule has 1 N–H and O–H groups in total. The minimum Gasteiger partial charge on any atom is -0.497 e. The molecule has 0 saturated carbocycles. The average molecular weight is 554 g/mol. The van der Waals surface area contributed by atoms with E-state index in [0.29, 0.717) is 57.6 Å². The molecule has 0 aliphatic carbocycles. The van der Waals surface area contributed by atoms with E-state index in [-0.39, 0.29) is 35.3 Å². The fourth-order valence-electron chi connectivity index (χ4n) is 4.98. The molecule has 0 bridgehead atoms. The van der Waals surface area contributed by atoms with Crippen molar-refractivity contribution in [2.75, 3.05) is 51.4 Å². The summed E-state index contributed by atoms with van der Waals surface area (Å²) in [5.74, 6) is 1.65. The van der Waals surface area contributed by atoms with Crippen LogP contribution in [-0.2, 0) is 20.7 Å². The third-order valence-electron chi connectivity index (χ3n) is 7.09. The molecule has 12 heteroatoms. The number of hydrogen-bond donors (Lipinski definition) is 1. The lowest BCUT2D eigenvalue weighted by Gasteiger charge is -2.42. The van der Waals surface area contributed by atoms with Crippen LogP contribution < -0.4 is 15.0 Å². The van der Waals surface area contributed by atoms with E-state index in [1.165, 1.54) is 0 Å². The Morgan fingerprint density at radius 2 is 2.05 bits per heavy atom. The highest BCUT2D eigenvalue weighted by Gasteiger charge is 2.36. The first-order valence-electron chi connectivity index (χ1n) is 13.1. The summed E-state index contributed by atoms with van der Waals surface area (Å²) >= 11 is 6.37. The number of rotatable bonds is 9. The van der Waals surface area contributed by atoms with Crippen LogP contribution in [0.4, 0.5) is 5.82 Å². The average Bonchev–Trinajstić information content (AvgIpc) is 3.68. The molecule has 3 aromatic rings. The van der Waals surface area contributed by atoms with Crippen LogP contribution in [-0.4, -0.2) is 88.8 Å². The third-order valence-corrected chi connectivity index (χ3v) is 7.28. The molecule has 1 aromatic carbocycles. The molecule has 0 spiro atoms. The van der Waals surface area contributed by atoms with Crippen molar-refractivity contribution in [3.63, 3.8) is 0 Å². The van der Waals surface area contributed by atoms with E-state index in [1.54, 1.807) is 36.5 Å². The number of carbonyl (C=O) groups excluding carboxylic acids is 2. The van der Waals surface area contributed by atoms with Gasteiger partial charge in [0.2, 0.25) is 17.8 Å². The number of amides is 2. The van der Waals surface area contributed by atoms with Gasteiger partial charge in [0.05, 0.1) is 25.7 Å². The Bertz CT molecular complexity index is 1270. The number of benzene rings is 1. The van der Waals surface area contributed by atoms with Crippen LogP contribution in [0, 0.1) is 5.92 Å². The zero-order chi connectivity index (χ0) is 27.2. The zero-order valence-corrected chi connectivity index (χ0v) is 22.6. The van der Waals surface area contributed by atoms with E-state index >= 15 is 0 Å². The Hall–Kier alpha value is -3.70. The number of nitrogens with one attached hydrogen (secondary N) is 1. The van der Waals surface area contributed by atoms with E-state index in [2.05, 4.69) is 15.3 Å². The minimum atomic E-state index is -0.285. The molecule has 2 saturated heterocycles. The van der Waals surface area contributed by atoms with Crippen molar-refractivity contribution in [2.45, 2.75) is 25.3 Å². The van der Waals surface area contributed by atoms with Crippen molar-refractivity contribution < 1.29 is 19.1 Å². The Kier molecular flexibility index (Phi) is 8.58. The van der Waals surface area contributed by atoms with Gasteiger partial charge in [0, 0.05) is 57.7 Å². The molecule has 2 unspecified atom stereocenters. The Morgan fingerprint density at radius 3 is 2.77 bits per heavy atom. The van der Waals surface area contributed by atoms with Gasteiger partial charge in [-0.05, 0) is 30.5 Å². The second-order valence-corrected chi connectivity index (χ2v) is 10.1. The number of halogens is 1. The van der Waals surface area contributed by atoms with Crippen molar-refractivity contribution in [1.82, 2.24) is 29.7 Å². The predicted molar refractivity (Wildman–Crippen MR) is 145 cm³/mol. The van der Waals surface area contributed by atoms with Gasteiger partial charge in [-0.3, -0.25) is 14.2 Å². The van der Waals surface area contributed by atoms with Gasteiger partial charge in [0.1, 0.15) is 23.0 Å². The highest BCUT2D eigenvalue weighted by molar-refractivity contribution is 6.29. The predicted octanol–water partition coefficient (Wildman–Crippen LogP) is 2.13. The van der Waals surface area contributed by atoms with Gasteiger partial charge in [0.15, 0.2) is 0 Å². The largest absolute Gasteiger partial charge is 0.497 e. The van der Waals surface area contributed by atoms with Gasteiger partial charge in [-0.1, -0.05) is 23.7 Å². The first-order chi connectivity index (χ1) is 19.0. The van der Waals surface area contributed by atoms with Crippen molar-refractivity contribution in [2.24, 2.45) is 5.92 Å². The van der Waals surface area contributed by atoms with Gasteiger partial charge in [-0.2, -0.15) is 4.98 Å². The zero-order valence-electron chi connectivity index (χ0n) is 21.8. The normalized spacial score (nSPS) is 19.2. The Balaban J connectivity index is 1.29. The van der Waals surface area contributed by atoms with Crippen molar-refractivity contribution in [3.05, 3.63) is 59.8 Å². The molecular formula is C27H32ClN7O4. The molecule has 206 valence electrons. The molecule has 2 fully saturated rings. The van der Waals surface area contributed by atoms with Crippen LogP contribution in [0.1, 0.15) is 18.4 Å². The number of hydrogen-bond acceptors (Lipinski definition) is 8. The second kappa shape index (κ2) is 12.4. The molecule has 2 aliphatic heterocycles. The first-order valence-corrected chi connectivity index (χ1v) is 13.4. The highest BCUT2D eigenvalue weighted by atomic mass is 35.5. The molecule has 2 aromatic heterocycles. The number of carbonyl (C=O) groups is 2. The number of aromatic nitrogens is 4. The van der Waals surface area contributed by atoms with Crippen molar-refractivity contribution in [1.29, 1.82) is 0 Å². The first kappa shape index (κ1) is 26.9. The van der Waals surface area contributed by atoms with E-state index in [4.69, 9.17) is 26.1 Å². The molecule has 2 aliphatic rings. The van der Waals surface area contributed by atoms with Gasteiger partial charge in [-0.15, -0.1) is 0 Å². The summed E-state index contributed by atoms with van der Waals surface area (Å²) in [7, 11) is 1.63. The van der Waals surface area contributed by atoms with Gasteiger partial charge < -0.3 is 24.6 Å². The van der Waals surface area contributed by atoms with Crippen LogP contribution in [0.15, 0.2) is 49.1 Å². The van der Waals surface area contributed by atoms with E-state index in [0.717, 1.165) is 17.7 Å². The van der Waals surface area contributed by atoms with Crippen LogP contribution in [0.3, 0.4) is 0 Å². The van der Waals surface area contributed by atoms with E-state index in [9.17, 15) is 9.59 Å². The molecule has 0 radical (unpaired) electrons. The van der Waals surface area contributed by atoms with Crippen LogP contribution >= 0.6 is 11.6 Å². The Labute approximate surface area is 232 Å². The Morgan fingerprint density at radius 1 is 1.21 bits per heavy atom. The minimum absolute atomic E-state index is 0.0805. The number of methoxy groups -OCH3 is 1. The van der Waals surface area contributed by atoms with E-state index < -0.39 is 0 Å². The number of ether oxygens (including phenoxy) is 2. The van der Waals surface area contributed by atoms with Gasteiger partial charge in [-0.25, -0.2) is 9.97 Å². The topological polar surface area (TPSA) is 115 Å². The van der Waals surface area contributed by atoms with E-state index in [1.807, 2.05) is 34.1 Å². The summed E-state index contributed by atoms with van der Waals surface area (Å²) in [6, 6.07) is 9.19. The monoisotopic (exact) mass is 553 g/mol. The molecule has 2 amide bonds. The highest BCUT2D eigenvalue weighted by Crippen LogP contribution is 2.26. The van der Waals surface area contributed by atoms with Crippen LogP contribution in [0.25, 0.3) is 5.95 Å². The van der Waals surface area contributed by atoms with Crippen LogP contribution in [0.2, 0.25) is 5.15 Å². The fraction of sp³-hybridized carbons (Fsp3) is 0.444. The summed E-state index contributed by atoms with van der Waals surface area (Å²) in [5.41, 5.74) is 1.11. The maximum absolute atomic E-state index is 13.2. The second-order valence-electron chi connectivity index (χ2n) is 9.66. The van der Waals surface area contributed by atoms with Crippen LogP contribution in [0.5, 0.6) is 5.75 Å². The number of nitrogens with zero attached hydrogens (tertiary/aromatic N) is 6. The molecule has 2 atom stereocenters. The fourth-order valence-corrected chi connectivity index (χ4v) is 5.15. The van der Waals surface area contributed by atoms with Gasteiger partial charge in [0.25, 0.3) is 0 Å². The molecule has 4 heterocycles.